The van der Waals surface area contributed by atoms with Crippen LogP contribution in [0.2, 0.25) is 0 Å². The maximum atomic E-state index is 10.1. The molecule has 0 spiro atoms. The zero-order valence-electron chi connectivity index (χ0n) is 28.0. The van der Waals surface area contributed by atoms with E-state index in [1.165, 1.54) is 27.9 Å². The topological polar surface area (TPSA) is 40.5 Å². The molecule has 0 heterocycles. The molecule has 228 valence electrons. The first-order valence-electron chi connectivity index (χ1n) is 15.6. The van der Waals surface area contributed by atoms with Gasteiger partial charge in [-0.3, -0.25) is 0 Å². The SMILES string of the molecule is CC1=C[C@@H](O)CC(C)(C)[C@@H]1C#C/C(C)=C/C=C/C(C)=C/C=C/C=C(C)/C=C/C=C(\C)CCC1=C(C)C[C@@H](O)CC1(C)C. The van der Waals surface area contributed by atoms with Crippen molar-refractivity contribution in [1.82, 2.24) is 0 Å². The molecule has 2 aliphatic rings. The van der Waals surface area contributed by atoms with Gasteiger partial charge in [0, 0.05) is 5.92 Å². The number of aliphatic hydroxyl groups excluding tert-OH is 2. The van der Waals surface area contributed by atoms with Gasteiger partial charge in [0.05, 0.1) is 12.2 Å². The van der Waals surface area contributed by atoms with Crippen molar-refractivity contribution < 1.29 is 10.2 Å². The van der Waals surface area contributed by atoms with E-state index in [0.717, 1.165) is 43.3 Å². The average Bonchev–Trinajstić information content (AvgIpc) is 2.84. The maximum Gasteiger partial charge on any atom is 0.0729 e. The molecular formula is C40H56O2. The van der Waals surface area contributed by atoms with Crippen molar-refractivity contribution in [1.29, 1.82) is 0 Å². The summed E-state index contributed by atoms with van der Waals surface area (Å²) in [7, 11) is 0. The second-order valence-corrected chi connectivity index (χ2v) is 13.9. The predicted molar refractivity (Wildman–Crippen MR) is 183 cm³/mol. The molecule has 0 unspecified atom stereocenters. The molecule has 0 aromatic rings. The van der Waals surface area contributed by atoms with Gasteiger partial charge in [-0.15, -0.1) is 0 Å². The monoisotopic (exact) mass is 568 g/mol. The van der Waals surface area contributed by atoms with Gasteiger partial charge in [-0.05, 0) is 90.0 Å². The molecule has 3 atom stereocenters. The van der Waals surface area contributed by atoms with Crippen molar-refractivity contribution in [3.05, 3.63) is 106 Å². The second kappa shape index (κ2) is 16.1. The summed E-state index contributed by atoms with van der Waals surface area (Å²) in [5.74, 6) is 6.93. The fourth-order valence-corrected chi connectivity index (χ4v) is 6.30. The lowest BCUT2D eigenvalue weighted by molar-refractivity contribution is 0.113. The van der Waals surface area contributed by atoms with E-state index < -0.39 is 0 Å². The molecule has 2 N–H and O–H groups in total. The summed E-state index contributed by atoms with van der Waals surface area (Å²) in [5.41, 5.74) is 8.91. The van der Waals surface area contributed by atoms with Crippen LogP contribution in [0, 0.1) is 28.6 Å². The molecule has 42 heavy (non-hydrogen) atoms. The first-order valence-corrected chi connectivity index (χ1v) is 15.6. The first kappa shape index (κ1) is 35.3. The van der Waals surface area contributed by atoms with Crippen LogP contribution in [0.5, 0.6) is 0 Å². The molecule has 2 heteroatoms. The molecular weight excluding hydrogens is 512 g/mol. The predicted octanol–water partition coefficient (Wildman–Crippen LogP) is 10.1. The van der Waals surface area contributed by atoms with Crippen molar-refractivity contribution in [2.45, 2.75) is 114 Å². The third-order valence-corrected chi connectivity index (χ3v) is 8.50. The van der Waals surface area contributed by atoms with Gasteiger partial charge in [0.2, 0.25) is 0 Å². The van der Waals surface area contributed by atoms with Crippen molar-refractivity contribution in [2.75, 3.05) is 0 Å². The van der Waals surface area contributed by atoms with Crippen molar-refractivity contribution >= 4 is 0 Å². The molecule has 0 aliphatic heterocycles. The summed E-state index contributed by atoms with van der Waals surface area (Å²) >= 11 is 0. The van der Waals surface area contributed by atoms with Crippen LogP contribution >= 0.6 is 0 Å². The van der Waals surface area contributed by atoms with E-state index in [1.54, 1.807) is 0 Å². The quantitative estimate of drug-likeness (QED) is 0.165. The minimum Gasteiger partial charge on any atom is -0.393 e. The van der Waals surface area contributed by atoms with E-state index in [4.69, 9.17) is 0 Å². The molecule has 0 aromatic heterocycles. The highest BCUT2D eigenvalue weighted by atomic mass is 16.3. The Labute approximate surface area is 257 Å². The summed E-state index contributed by atoms with van der Waals surface area (Å²) in [5, 5.41) is 20.2. The van der Waals surface area contributed by atoms with Crippen molar-refractivity contribution in [3.8, 4) is 11.8 Å². The summed E-state index contributed by atoms with van der Waals surface area (Å²) in [6.45, 7) is 21.6. The lowest BCUT2D eigenvalue weighted by atomic mass is 9.68. The van der Waals surface area contributed by atoms with Crippen LogP contribution in [0.4, 0.5) is 0 Å². The Morgan fingerprint density at radius 3 is 2.02 bits per heavy atom. The number of allylic oxidation sites excluding steroid dienone is 16. The van der Waals surface area contributed by atoms with E-state index in [1.807, 2.05) is 13.0 Å². The standard InChI is InChI=1S/C40H56O2/c1-29(17-13-19-31(3)21-23-37-33(5)25-35(41)27-39(37,7)8)15-11-12-16-30(2)18-14-20-32(4)22-24-38-34(6)26-36(42)28-40(38,9)10/h11-20,26,35-36,38,41-42H,21,23,25,27-28H2,1-10H3/b12-11+,17-13+,18-14+,29-15+,30-16+,31-19+,32-20+/t35-,36-,38-/m1/s1. The maximum absolute atomic E-state index is 10.1. The zero-order valence-corrected chi connectivity index (χ0v) is 28.0. The molecule has 2 nitrogen and oxygen atoms in total. The molecule has 0 aromatic carbocycles. The molecule has 0 bridgehead atoms. The van der Waals surface area contributed by atoms with Gasteiger partial charge in [-0.2, -0.15) is 0 Å². The summed E-state index contributed by atoms with van der Waals surface area (Å²) in [6, 6.07) is 0. The van der Waals surface area contributed by atoms with Crippen LogP contribution in [-0.2, 0) is 0 Å². The van der Waals surface area contributed by atoms with Gasteiger partial charge in [0.25, 0.3) is 0 Å². The van der Waals surface area contributed by atoms with Gasteiger partial charge in [0.15, 0.2) is 0 Å². The third kappa shape index (κ3) is 11.8. The largest absolute Gasteiger partial charge is 0.393 e. The molecule has 0 saturated carbocycles. The second-order valence-electron chi connectivity index (χ2n) is 13.9. The number of rotatable bonds is 9. The van der Waals surface area contributed by atoms with E-state index in [0.29, 0.717) is 0 Å². The fraction of sp³-hybridized carbons (Fsp3) is 0.500. The Morgan fingerprint density at radius 1 is 0.857 bits per heavy atom. The van der Waals surface area contributed by atoms with Crippen LogP contribution in [0.3, 0.4) is 0 Å². The lowest BCUT2D eigenvalue weighted by Gasteiger charge is -2.37. The summed E-state index contributed by atoms with van der Waals surface area (Å²) < 4.78 is 0. The minimum atomic E-state index is -0.362. The smallest absolute Gasteiger partial charge is 0.0729 e. The Bertz CT molecular complexity index is 1280. The Hall–Kier alpha value is -2.86. The number of aliphatic hydroxyl groups is 2. The first-order chi connectivity index (χ1) is 19.6. The Kier molecular flexibility index (Phi) is 13.6. The van der Waals surface area contributed by atoms with Crippen LogP contribution in [-0.4, -0.2) is 22.4 Å². The van der Waals surface area contributed by atoms with E-state index in [-0.39, 0.29) is 29.0 Å². The average molecular weight is 569 g/mol. The van der Waals surface area contributed by atoms with Gasteiger partial charge >= 0.3 is 0 Å². The van der Waals surface area contributed by atoms with Gasteiger partial charge in [-0.1, -0.05) is 140 Å². The number of hydrogen-bond acceptors (Lipinski definition) is 2. The highest BCUT2D eigenvalue weighted by Crippen LogP contribution is 2.43. The van der Waals surface area contributed by atoms with E-state index >= 15 is 0 Å². The van der Waals surface area contributed by atoms with Crippen LogP contribution < -0.4 is 0 Å². The van der Waals surface area contributed by atoms with Crippen LogP contribution in [0.25, 0.3) is 0 Å². The Balaban J connectivity index is 1.87. The fourth-order valence-electron chi connectivity index (χ4n) is 6.30. The van der Waals surface area contributed by atoms with Crippen LogP contribution in [0.15, 0.2) is 106 Å². The van der Waals surface area contributed by atoms with Crippen molar-refractivity contribution in [2.24, 2.45) is 16.7 Å². The molecule has 0 fully saturated rings. The Morgan fingerprint density at radius 2 is 1.45 bits per heavy atom. The summed E-state index contributed by atoms with van der Waals surface area (Å²) in [4.78, 5) is 0. The summed E-state index contributed by atoms with van der Waals surface area (Å²) in [6.07, 6.45) is 27.0. The zero-order chi connectivity index (χ0) is 31.5. The molecule has 0 saturated heterocycles. The van der Waals surface area contributed by atoms with E-state index in [2.05, 4.69) is 135 Å². The van der Waals surface area contributed by atoms with Gasteiger partial charge in [-0.25, -0.2) is 0 Å². The third-order valence-electron chi connectivity index (χ3n) is 8.50. The van der Waals surface area contributed by atoms with Gasteiger partial charge < -0.3 is 10.2 Å². The highest BCUT2D eigenvalue weighted by Gasteiger charge is 2.35. The van der Waals surface area contributed by atoms with Gasteiger partial charge in [0.1, 0.15) is 0 Å². The van der Waals surface area contributed by atoms with Crippen LogP contribution in [0.1, 0.15) is 101 Å². The molecule has 2 rings (SSSR count). The number of hydrogen-bond donors (Lipinski definition) is 2. The normalized spacial score (nSPS) is 25.8. The molecule has 0 radical (unpaired) electrons. The minimum absolute atomic E-state index is 0.0266. The lowest BCUT2D eigenvalue weighted by Crippen LogP contribution is -2.32. The molecule has 0 amide bonds. The highest BCUT2D eigenvalue weighted by molar-refractivity contribution is 5.37. The van der Waals surface area contributed by atoms with Crippen molar-refractivity contribution in [3.63, 3.8) is 0 Å². The van der Waals surface area contributed by atoms with E-state index in [9.17, 15) is 10.2 Å². The molecule has 2 aliphatic carbocycles.